The van der Waals surface area contributed by atoms with Gasteiger partial charge in [0.1, 0.15) is 0 Å². The third-order valence-corrected chi connectivity index (χ3v) is 9.38. The van der Waals surface area contributed by atoms with E-state index in [1.165, 1.54) is 16.0 Å². The van der Waals surface area contributed by atoms with Gasteiger partial charge in [0.15, 0.2) is 0 Å². The van der Waals surface area contributed by atoms with Crippen LogP contribution in [-0.4, -0.2) is 42.2 Å². The Balaban J connectivity index is 2.18. The van der Waals surface area contributed by atoms with Gasteiger partial charge in [-0.1, -0.05) is 0 Å². The van der Waals surface area contributed by atoms with Crippen LogP contribution in [0, 0.1) is 4.89 Å². The summed E-state index contributed by atoms with van der Waals surface area (Å²) in [7, 11) is 0. The van der Waals surface area contributed by atoms with Crippen LogP contribution in [0.5, 0.6) is 0 Å². The van der Waals surface area contributed by atoms with Crippen LogP contribution in [0.2, 0.25) is 0 Å². The first-order chi connectivity index (χ1) is 8.24. The van der Waals surface area contributed by atoms with Gasteiger partial charge in [0.2, 0.25) is 0 Å². The van der Waals surface area contributed by atoms with Crippen molar-refractivity contribution in [1.82, 2.24) is 0 Å². The molecule has 1 fully saturated rings. The zero-order chi connectivity index (χ0) is 11.9. The molecule has 0 radical (unpaired) electrons. The summed E-state index contributed by atoms with van der Waals surface area (Å²) in [6, 6.07) is 4.37. The van der Waals surface area contributed by atoms with Gasteiger partial charge in [0.25, 0.3) is 0 Å². The average Bonchev–Trinajstić information content (AvgIpc) is 2.98. The summed E-state index contributed by atoms with van der Waals surface area (Å²) in [5.41, 5.74) is 2.45. The van der Waals surface area contributed by atoms with Crippen molar-refractivity contribution < 1.29 is 9.47 Å². The summed E-state index contributed by atoms with van der Waals surface area (Å²) in [6.07, 6.45) is 0. The molecular weight excluding hydrogens is 576 g/mol. The SMILES string of the molecule is Ic1[se]ccc1C1(c2cc[se]c2I)OCCO1. The van der Waals surface area contributed by atoms with E-state index in [0.717, 1.165) is 0 Å². The van der Waals surface area contributed by atoms with Crippen molar-refractivity contribution >= 4 is 74.2 Å². The summed E-state index contributed by atoms with van der Waals surface area (Å²) < 4.78 is 14.8. The molecule has 0 spiro atoms. The Morgan fingerprint density at radius 1 is 0.941 bits per heavy atom. The monoisotopic (exact) mass is 586 g/mol. The normalized spacial score (nSPS) is 18.7. The van der Waals surface area contributed by atoms with Gasteiger partial charge in [-0.05, 0) is 0 Å². The second-order valence-corrected chi connectivity index (χ2v) is 12.8. The predicted molar refractivity (Wildman–Crippen MR) is 84.9 cm³/mol. The fourth-order valence-corrected chi connectivity index (χ4v) is 7.26. The number of hydrogen-bond donors (Lipinski definition) is 0. The number of hydrogen-bond acceptors (Lipinski definition) is 2. The first-order valence-electron chi connectivity index (χ1n) is 4.99. The van der Waals surface area contributed by atoms with Crippen molar-refractivity contribution in [3.8, 4) is 0 Å². The maximum atomic E-state index is 6.02. The molecule has 6 heteroatoms. The Kier molecular flexibility index (Phi) is 4.25. The third-order valence-electron chi connectivity index (χ3n) is 2.64. The van der Waals surface area contributed by atoms with Gasteiger partial charge in [0.05, 0.1) is 0 Å². The second-order valence-electron chi connectivity index (χ2n) is 3.53. The Bertz CT molecular complexity index is 487. The summed E-state index contributed by atoms with van der Waals surface area (Å²) in [6.45, 7) is 1.37. The van der Waals surface area contributed by atoms with Crippen LogP contribution in [0.1, 0.15) is 11.1 Å². The second kappa shape index (κ2) is 5.40. The van der Waals surface area contributed by atoms with Crippen molar-refractivity contribution in [1.29, 1.82) is 0 Å². The Morgan fingerprint density at radius 2 is 1.41 bits per heavy atom. The van der Waals surface area contributed by atoms with Gasteiger partial charge < -0.3 is 0 Å². The van der Waals surface area contributed by atoms with Crippen molar-refractivity contribution in [3.05, 3.63) is 38.0 Å². The molecule has 1 aliphatic heterocycles. The van der Waals surface area contributed by atoms with Crippen molar-refractivity contribution in [2.24, 2.45) is 0 Å². The molecule has 2 aromatic heterocycles. The topological polar surface area (TPSA) is 18.5 Å². The van der Waals surface area contributed by atoms with Crippen LogP contribution in [-0.2, 0) is 15.3 Å². The van der Waals surface area contributed by atoms with E-state index in [2.05, 4.69) is 67.2 Å². The van der Waals surface area contributed by atoms with Crippen LogP contribution in [0.4, 0.5) is 0 Å². The molecule has 0 saturated carbocycles. The fraction of sp³-hybridized carbons (Fsp3) is 0.273. The van der Waals surface area contributed by atoms with E-state index in [1.807, 2.05) is 0 Å². The number of rotatable bonds is 2. The number of halogens is 2. The molecule has 3 rings (SSSR count). The Labute approximate surface area is 139 Å². The molecule has 3 heterocycles. The molecule has 0 aromatic carbocycles. The molecule has 0 amide bonds. The van der Waals surface area contributed by atoms with Crippen molar-refractivity contribution in [2.75, 3.05) is 13.2 Å². The van der Waals surface area contributed by atoms with Crippen molar-refractivity contribution in [2.45, 2.75) is 5.79 Å². The van der Waals surface area contributed by atoms with Crippen LogP contribution < -0.4 is 0 Å². The summed E-state index contributed by atoms with van der Waals surface area (Å²) in [5, 5.41) is 0. The first kappa shape index (κ1) is 13.4. The molecule has 17 heavy (non-hydrogen) atoms. The average molecular weight is 584 g/mol. The van der Waals surface area contributed by atoms with Gasteiger partial charge >= 0.3 is 141 Å². The van der Waals surface area contributed by atoms with Gasteiger partial charge in [-0.25, -0.2) is 0 Å². The molecule has 0 bridgehead atoms. The first-order valence-corrected chi connectivity index (χ1v) is 10.8. The molecule has 90 valence electrons. The molecule has 1 aliphatic rings. The zero-order valence-corrected chi connectivity index (χ0v) is 16.4. The van der Waals surface area contributed by atoms with E-state index < -0.39 is 5.79 Å². The Hall–Kier alpha value is 1.38. The molecule has 0 unspecified atom stereocenters. The van der Waals surface area contributed by atoms with Gasteiger partial charge in [0, 0.05) is 0 Å². The summed E-state index contributed by atoms with van der Waals surface area (Å²) >= 11 is 5.77. The van der Waals surface area contributed by atoms with E-state index in [-0.39, 0.29) is 0 Å². The van der Waals surface area contributed by atoms with Gasteiger partial charge in [-0.2, -0.15) is 0 Å². The molecular formula is C11H8I2O2Se2. The minimum atomic E-state index is -0.601. The molecule has 0 N–H and O–H groups in total. The van der Waals surface area contributed by atoms with E-state index in [0.29, 0.717) is 42.2 Å². The molecule has 0 atom stereocenters. The van der Waals surface area contributed by atoms with Gasteiger partial charge in [-0.15, -0.1) is 0 Å². The predicted octanol–water partition coefficient (Wildman–Crippen LogP) is 2.26. The number of ether oxygens (including phenoxy) is 2. The van der Waals surface area contributed by atoms with E-state index in [9.17, 15) is 0 Å². The standard InChI is InChI=1S/C11H8I2O2Se2/c12-9-7(1-5-16-9)11(14-3-4-15-11)8-2-6-17-10(8)13/h1-2,5-6H,3-4H2. The van der Waals surface area contributed by atoms with Crippen molar-refractivity contribution in [3.63, 3.8) is 0 Å². The zero-order valence-electron chi connectivity index (χ0n) is 8.61. The van der Waals surface area contributed by atoms with Gasteiger partial charge in [-0.3, -0.25) is 0 Å². The molecule has 0 aliphatic carbocycles. The van der Waals surface area contributed by atoms with Crippen LogP contribution >= 0.6 is 45.2 Å². The summed E-state index contributed by atoms with van der Waals surface area (Å²) in [5.74, 6) is -0.601. The third kappa shape index (κ3) is 2.29. The van der Waals surface area contributed by atoms with Crippen LogP contribution in [0.25, 0.3) is 0 Å². The maximum absolute atomic E-state index is 6.02. The molecule has 1 saturated heterocycles. The minimum absolute atomic E-state index is 0.456. The quantitative estimate of drug-likeness (QED) is 0.399. The molecule has 2 nitrogen and oxygen atoms in total. The van der Waals surface area contributed by atoms with Crippen LogP contribution in [0.3, 0.4) is 0 Å². The van der Waals surface area contributed by atoms with Crippen LogP contribution in [0.15, 0.2) is 22.0 Å². The van der Waals surface area contributed by atoms with E-state index in [4.69, 9.17) is 9.47 Å². The van der Waals surface area contributed by atoms with E-state index >= 15 is 0 Å². The van der Waals surface area contributed by atoms with E-state index in [1.54, 1.807) is 0 Å². The fourth-order valence-electron chi connectivity index (χ4n) is 1.93. The Morgan fingerprint density at radius 3 is 1.76 bits per heavy atom. The molecule has 2 aromatic rings. The summed E-state index contributed by atoms with van der Waals surface area (Å²) in [4.78, 5) is 4.49.